The first kappa shape index (κ1) is 25.4. The van der Waals surface area contributed by atoms with Gasteiger partial charge in [0.25, 0.3) is 5.91 Å². The predicted molar refractivity (Wildman–Crippen MR) is 134 cm³/mol. The van der Waals surface area contributed by atoms with Crippen molar-refractivity contribution in [3.8, 4) is 11.5 Å². The van der Waals surface area contributed by atoms with Gasteiger partial charge in [0.15, 0.2) is 17.3 Å². The summed E-state index contributed by atoms with van der Waals surface area (Å²) < 4.78 is 13.4. The van der Waals surface area contributed by atoms with Crippen LogP contribution in [0.5, 0.6) is 11.5 Å². The van der Waals surface area contributed by atoms with Gasteiger partial charge in [-0.3, -0.25) is 14.4 Å². The van der Waals surface area contributed by atoms with E-state index in [-0.39, 0.29) is 0 Å². The van der Waals surface area contributed by atoms with Crippen molar-refractivity contribution in [3.05, 3.63) is 77.3 Å². The molecule has 1 saturated heterocycles. The van der Waals surface area contributed by atoms with Crippen LogP contribution in [0.25, 0.3) is 0 Å². The first-order valence-electron chi connectivity index (χ1n) is 11.9. The number of ether oxygens (including phenoxy) is 2. The maximum Gasteiger partial charge on any atom is 0.291 e. The summed E-state index contributed by atoms with van der Waals surface area (Å²) in [5.74, 6) is -1.91. The van der Waals surface area contributed by atoms with Crippen LogP contribution in [0.4, 0.5) is 0 Å². The minimum absolute atomic E-state index is 0.301. The smallest absolute Gasteiger partial charge is 0.291 e. The number of halogens is 1. The van der Waals surface area contributed by atoms with Gasteiger partial charge in [0, 0.05) is 36.1 Å². The molecular weight excluding hydrogens is 482 g/mol. The molecule has 0 aliphatic carbocycles. The van der Waals surface area contributed by atoms with Crippen LogP contribution >= 0.6 is 11.6 Å². The number of aromatic nitrogens is 2. The van der Waals surface area contributed by atoms with E-state index in [1.807, 2.05) is 24.6 Å². The maximum absolute atomic E-state index is 13.6. The molecule has 8 nitrogen and oxygen atoms in total. The number of carbonyl (C=O) groups is 3. The topological polar surface area (TPSA) is 90.7 Å². The van der Waals surface area contributed by atoms with Crippen molar-refractivity contribution < 1.29 is 23.9 Å². The predicted octanol–water partition coefficient (Wildman–Crippen LogP) is 4.38. The number of likely N-dealkylation sites (tertiary alicyclic amines) is 1. The lowest BCUT2D eigenvalue weighted by Crippen LogP contribution is -2.32. The monoisotopic (exact) mass is 509 g/mol. The van der Waals surface area contributed by atoms with Crippen molar-refractivity contribution in [2.24, 2.45) is 5.92 Å². The number of benzene rings is 2. The molecule has 1 fully saturated rings. The van der Waals surface area contributed by atoms with Gasteiger partial charge < -0.3 is 18.9 Å². The summed E-state index contributed by atoms with van der Waals surface area (Å²) in [6, 6.07) is 10.9. The number of aryl methyl sites for hydroxylation is 1. The molecule has 9 heteroatoms. The maximum atomic E-state index is 13.6. The summed E-state index contributed by atoms with van der Waals surface area (Å²) in [7, 11) is 0. The number of imidazole rings is 1. The minimum Gasteiger partial charge on any atom is -0.490 e. The number of rotatable bonds is 11. The fraction of sp³-hybridized carbons (Fsp3) is 0.333. The van der Waals surface area contributed by atoms with Crippen molar-refractivity contribution >= 4 is 29.1 Å². The summed E-state index contributed by atoms with van der Waals surface area (Å²) in [4.78, 5) is 45.5. The highest BCUT2D eigenvalue weighted by Gasteiger charge is 2.51. The third kappa shape index (κ3) is 5.28. The van der Waals surface area contributed by atoms with Crippen molar-refractivity contribution in [2.75, 3.05) is 19.8 Å². The second-order valence-electron chi connectivity index (χ2n) is 8.38. The summed E-state index contributed by atoms with van der Waals surface area (Å²) >= 11 is 5.99. The summed E-state index contributed by atoms with van der Waals surface area (Å²) in [6.45, 7) is 5.52. The molecule has 2 atom stereocenters. The molecule has 3 aromatic rings. The van der Waals surface area contributed by atoms with Crippen LogP contribution in [0.3, 0.4) is 0 Å². The lowest BCUT2D eigenvalue weighted by Gasteiger charge is -2.28. The fourth-order valence-corrected chi connectivity index (χ4v) is 4.61. The van der Waals surface area contributed by atoms with Gasteiger partial charge in [0.2, 0.25) is 5.78 Å². The quantitative estimate of drug-likeness (QED) is 0.216. The van der Waals surface area contributed by atoms with Crippen LogP contribution in [0, 0.1) is 5.92 Å². The van der Waals surface area contributed by atoms with E-state index in [9.17, 15) is 14.4 Å². The largest absolute Gasteiger partial charge is 0.490 e. The molecule has 0 radical (unpaired) electrons. The van der Waals surface area contributed by atoms with Crippen molar-refractivity contribution in [2.45, 2.75) is 32.9 Å². The van der Waals surface area contributed by atoms with Crippen LogP contribution in [0.1, 0.15) is 42.2 Å². The first-order chi connectivity index (χ1) is 17.4. The molecule has 0 bridgehead atoms. The number of nitrogens with zero attached hydrogens (tertiary/aromatic N) is 3. The van der Waals surface area contributed by atoms with Gasteiger partial charge in [0.1, 0.15) is 5.92 Å². The summed E-state index contributed by atoms with van der Waals surface area (Å²) in [5, 5.41) is 0.478. The molecule has 1 amide bonds. The van der Waals surface area contributed by atoms with Crippen LogP contribution in [-0.4, -0.2) is 51.7 Å². The Morgan fingerprint density at radius 3 is 2.39 bits per heavy atom. The Bertz CT molecular complexity index is 1230. The van der Waals surface area contributed by atoms with E-state index in [0.29, 0.717) is 60.4 Å². The molecule has 0 N–H and O–H groups in total. The van der Waals surface area contributed by atoms with Gasteiger partial charge >= 0.3 is 0 Å². The van der Waals surface area contributed by atoms with Crippen molar-refractivity contribution in [1.29, 1.82) is 0 Å². The van der Waals surface area contributed by atoms with E-state index in [1.165, 1.54) is 4.90 Å². The van der Waals surface area contributed by atoms with E-state index >= 15 is 0 Å². The van der Waals surface area contributed by atoms with Crippen molar-refractivity contribution in [1.82, 2.24) is 14.5 Å². The third-order valence-corrected chi connectivity index (χ3v) is 6.35. The van der Waals surface area contributed by atoms with E-state index in [0.717, 1.165) is 0 Å². The Morgan fingerprint density at radius 2 is 1.72 bits per heavy atom. The molecule has 2 heterocycles. The van der Waals surface area contributed by atoms with Gasteiger partial charge in [-0.05, 0) is 62.2 Å². The third-order valence-electron chi connectivity index (χ3n) is 6.10. The molecule has 1 aliphatic heterocycles. The first-order valence-corrected chi connectivity index (χ1v) is 12.3. The van der Waals surface area contributed by atoms with Gasteiger partial charge in [-0.25, -0.2) is 4.98 Å². The number of hydrogen-bond donors (Lipinski definition) is 0. The van der Waals surface area contributed by atoms with Gasteiger partial charge in [-0.1, -0.05) is 17.7 Å². The molecule has 188 valence electrons. The zero-order valence-corrected chi connectivity index (χ0v) is 21.0. The number of Topliss-reactive ketones (excluding diaryl/α,β-unsaturated/α-hetero) is 2. The van der Waals surface area contributed by atoms with E-state index in [2.05, 4.69) is 4.98 Å². The molecule has 2 aromatic carbocycles. The average Bonchev–Trinajstić information content (AvgIpc) is 3.48. The zero-order chi connectivity index (χ0) is 25.7. The number of amides is 1. The Balaban J connectivity index is 1.71. The van der Waals surface area contributed by atoms with Gasteiger partial charge in [-0.15, -0.1) is 0 Å². The lowest BCUT2D eigenvalue weighted by atomic mass is 9.86. The van der Waals surface area contributed by atoms with Crippen LogP contribution in [0.15, 0.2) is 61.2 Å². The zero-order valence-electron chi connectivity index (χ0n) is 20.2. The molecule has 1 aliphatic rings. The Morgan fingerprint density at radius 1 is 1.00 bits per heavy atom. The minimum atomic E-state index is -1.18. The molecule has 1 aromatic heterocycles. The molecule has 36 heavy (non-hydrogen) atoms. The second kappa shape index (κ2) is 11.4. The van der Waals surface area contributed by atoms with Gasteiger partial charge in [-0.2, -0.15) is 0 Å². The lowest BCUT2D eigenvalue weighted by molar-refractivity contribution is -0.140. The SMILES string of the molecule is CCOc1ccc(C2C(C(=O)c3ccc(Cl)cc3)C(=O)C(=O)N2CCCn2ccnc2)cc1OCC. The van der Waals surface area contributed by atoms with E-state index < -0.39 is 29.4 Å². The van der Waals surface area contributed by atoms with E-state index in [4.69, 9.17) is 21.1 Å². The average molecular weight is 510 g/mol. The van der Waals surface area contributed by atoms with E-state index in [1.54, 1.807) is 55.0 Å². The molecule has 0 saturated carbocycles. The molecular formula is C27H28ClN3O5. The normalized spacial score (nSPS) is 17.5. The summed E-state index contributed by atoms with van der Waals surface area (Å²) in [6.07, 6.45) is 5.80. The van der Waals surface area contributed by atoms with Crippen LogP contribution < -0.4 is 9.47 Å². The second-order valence-corrected chi connectivity index (χ2v) is 8.82. The highest BCUT2D eigenvalue weighted by Crippen LogP contribution is 2.41. The number of carbonyl (C=O) groups excluding carboxylic acids is 3. The van der Waals surface area contributed by atoms with Crippen LogP contribution in [0.2, 0.25) is 5.02 Å². The molecule has 4 rings (SSSR count). The Kier molecular flexibility index (Phi) is 8.05. The number of hydrogen-bond acceptors (Lipinski definition) is 6. The van der Waals surface area contributed by atoms with Gasteiger partial charge in [0.05, 0.1) is 25.6 Å². The molecule has 0 spiro atoms. The fourth-order valence-electron chi connectivity index (χ4n) is 4.49. The summed E-state index contributed by atoms with van der Waals surface area (Å²) in [5.41, 5.74) is 0.961. The van der Waals surface area contributed by atoms with Crippen molar-refractivity contribution in [3.63, 3.8) is 0 Å². The molecule has 2 unspecified atom stereocenters. The highest BCUT2D eigenvalue weighted by molar-refractivity contribution is 6.44. The number of ketones is 2. The standard InChI is InChI=1S/C27H28ClN3O5/c1-3-35-21-11-8-19(16-22(21)36-4-2)24-23(25(32)18-6-9-20(28)10-7-18)26(33)27(34)31(24)14-5-13-30-15-12-29-17-30/h6-12,15-17,23-24H,3-5,13-14H2,1-2H3. The highest BCUT2D eigenvalue weighted by atomic mass is 35.5. The Labute approximate surface area is 214 Å². The van der Waals surface area contributed by atoms with Crippen LogP contribution in [-0.2, 0) is 16.1 Å². The Hall–Kier alpha value is -3.65.